The summed E-state index contributed by atoms with van der Waals surface area (Å²) in [5.41, 5.74) is 0. The zero-order valence-corrected chi connectivity index (χ0v) is 6.03. The van der Waals surface area contributed by atoms with Crippen LogP contribution in [0.25, 0.3) is 0 Å². The largest absolute Gasteiger partial charge is 0.259 e. The molecule has 0 rings (SSSR count). The number of hydrogen-bond acceptors (Lipinski definition) is 2. The van der Waals surface area contributed by atoms with Crippen molar-refractivity contribution >= 4 is 35.5 Å². The standard InChI is InChI=1S/C2H8B2S2/c1-4(5-2)6-3/h3H2,1-2H3. The molecule has 0 unspecified atom stereocenters. The van der Waals surface area contributed by atoms with Gasteiger partial charge in [-0.3, -0.25) is 11.5 Å². The van der Waals surface area contributed by atoms with Crippen LogP contribution in [-0.2, 0) is 0 Å². The molecule has 0 radical (unpaired) electrons. The Balaban J connectivity index is 2.75. The summed E-state index contributed by atoms with van der Waals surface area (Å²) in [5.74, 6) is 0. The molecule has 0 atom stereocenters. The lowest BCUT2D eigenvalue weighted by atomic mass is 10.2. The molecule has 0 heterocycles. The quantitative estimate of drug-likeness (QED) is 0.490. The van der Waals surface area contributed by atoms with Crippen LogP contribution >= 0.6 is 23.1 Å². The van der Waals surface area contributed by atoms with Gasteiger partial charge < -0.3 is 0 Å². The molecule has 0 spiro atoms. The number of rotatable bonds is 2. The maximum absolute atomic E-state index is 2.20. The van der Waals surface area contributed by atoms with Crippen molar-refractivity contribution in [2.75, 3.05) is 6.26 Å². The second kappa shape index (κ2) is 4.00. The third-order valence-electron chi connectivity index (χ3n) is 0.664. The summed E-state index contributed by atoms with van der Waals surface area (Å²) in [5, 5.41) is 0.769. The molecule has 0 aromatic heterocycles. The van der Waals surface area contributed by atoms with Crippen LogP contribution in [-0.4, -0.2) is 18.7 Å². The SMILES string of the molecule is BSB(C)SC. The summed E-state index contributed by atoms with van der Waals surface area (Å²) in [4.78, 5) is 0. The van der Waals surface area contributed by atoms with Crippen LogP contribution in [0.3, 0.4) is 0 Å². The zero-order chi connectivity index (χ0) is 4.99. The van der Waals surface area contributed by atoms with Crippen LogP contribution in [0, 0.1) is 0 Å². The minimum atomic E-state index is 0.769. The van der Waals surface area contributed by atoms with E-state index in [9.17, 15) is 0 Å². The predicted octanol–water partition coefficient (Wildman–Crippen LogP) is 0.749. The lowest BCUT2D eigenvalue weighted by molar-refractivity contribution is 2.34. The molecule has 0 N–H and O–H groups in total. The lowest BCUT2D eigenvalue weighted by Crippen LogP contribution is -1.90. The summed E-state index contributed by atoms with van der Waals surface area (Å²) in [6.07, 6.45) is 2.13. The van der Waals surface area contributed by atoms with Gasteiger partial charge in [-0.05, 0) is 6.26 Å². The second-order valence-electron chi connectivity index (χ2n) is 1.04. The van der Waals surface area contributed by atoms with E-state index in [1.807, 2.05) is 23.1 Å². The molecule has 0 nitrogen and oxygen atoms in total. The average Bonchev–Trinajstić information content (AvgIpc) is 1.65. The first-order chi connectivity index (χ1) is 2.81. The Morgan fingerprint density at radius 3 is 2.17 bits per heavy atom. The number of hydrogen-bond donors (Lipinski definition) is 0. The first-order valence-corrected chi connectivity index (χ1v) is 4.44. The van der Waals surface area contributed by atoms with E-state index in [2.05, 4.69) is 20.2 Å². The normalized spacial score (nSPS) is 8.33. The van der Waals surface area contributed by atoms with Crippen molar-refractivity contribution in [1.82, 2.24) is 0 Å². The molecule has 0 aliphatic rings. The molecule has 0 bridgehead atoms. The highest BCUT2D eigenvalue weighted by Crippen LogP contribution is 2.10. The van der Waals surface area contributed by atoms with E-state index in [1.165, 1.54) is 0 Å². The van der Waals surface area contributed by atoms with Crippen molar-refractivity contribution < 1.29 is 0 Å². The molecule has 0 saturated carbocycles. The Morgan fingerprint density at radius 2 is 2.17 bits per heavy atom. The van der Waals surface area contributed by atoms with E-state index >= 15 is 0 Å². The Bertz CT molecular complexity index is 28.7. The van der Waals surface area contributed by atoms with Gasteiger partial charge in [0.15, 0.2) is 7.12 Å². The van der Waals surface area contributed by atoms with Crippen LogP contribution in [0.5, 0.6) is 0 Å². The minimum absolute atomic E-state index is 0.769. The summed E-state index contributed by atoms with van der Waals surface area (Å²) in [6, 6.07) is 0. The molecular weight excluding hydrogens is 110 g/mol. The van der Waals surface area contributed by atoms with Crippen molar-refractivity contribution in [3.63, 3.8) is 0 Å². The van der Waals surface area contributed by atoms with Crippen molar-refractivity contribution in [3.05, 3.63) is 0 Å². The van der Waals surface area contributed by atoms with Crippen LogP contribution in [0.1, 0.15) is 0 Å². The van der Waals surface area contributed by atoms with Crippen LogP contribution < -0.4 is 0 Å². The summed E-state index contributed by atoms with van der Waals surface area (Å²) in [7, 11) is 2.13. The summed E-state index contributed by atoms with van der Waals surface area (Å²) in [6.45, 7) is 2.20. The Hall–Kier alpha value is 0.830. The van der Waals surface area contributed by atoms with Gasteiger partial charge in [0.2, 0.25) is 0 Å². The van der Waals surface area contributed by atoms with Gasteiger partial charge >= 0.3 is 0 Å². The Kier molecular flexibility index (Phi) is 4.55. The van der Waals surface area contributed by atoms with Crippen molar-refractivity contribution in [1.29, 1.82) is 0 Å². The molecule has 0 fully saturated rings. The highest BCUT2D eigenvalue weighted by Gasteiger charge is 1.96. The Labute approximate surface area is 49.0 Å². The van der Waals surface area contributed by atoms with E-state index in [0.717, 1.165) is 5.27 Å². The topological polar surface area (TPSA) is 0 Å². The highest BCUT2D eigenvalue weighted by atomic mass is 32.2. The van der Waals surface area contributed by atoms with Gasteiger partial charge in [-0.25, -0.2) is 0 Å². The molecule has 0 aromatic rings. The fraction of sp³-hybridized carbons (Fsp3) is 1.00. The third-order valence-corrected chi connectivity index (χ3v) is 3.15. The van der Waals surface area contributed by atoms with E-state index in [1.54, 1.807) is 0 Å². The van der Waals surface area contributed by atoms with Gasteiger partial charge in [-0.2, -0.15) is 11.6 Å². The predicted molar refractivity (Wildman–Crippen MR) is 41.3 cm³/mol. The fourth-order valence-electron chi connectivity index (χ4n) is 0.0962. The van der Waals surface area contributed by atoms with Crippen molar-refractivity contribution in [2.24, 2.45) is 0 Å². The molecular formula is C2H8B2S2. The van der Waals surface area contributed by atoms with Gasteiger partial charge in [0.25, 0.3) is 5.27 Å². The zero-order valence-electron chi connectivity index (χ0n) is 4.39. The van der Waals surface area contributed by atoms with Gasteiger partial charge in [-0.15, -0.1) is 0 Å². The fourth-order valence-corrected chi connectivity index (χ4v) is 0.866. The van der Waals surface area contributed by atoms with Gasteiger partial charge in [-0.1, -0.05) is 6.82 Å². The monoisotopic (exact) mass is 118 g/mol. The molecule has 6 heavy (non-hydrogen) atoms. The molecule has 0 saturated heterocycles. The maximum atomic E-state index is 2.20. The van der Waals surface area contributed by atoms with E-state index in [4.69, 9.17) is 0 Å². The molecule has 0 aliphatic carbocycles. The molecule has 0 aromatic carbocycles. The second-order valence-corrected chi connectivity index (χ2v) is 3.69. The van der Waals surface area contributed by atoms with Gasteiger partial charge in [0.05, 0.1) is 0 Å². The summed E-state index contributed by atoms with van der Waals surface area (Å²) < 4.78 is 0. The lowest BCUT2D eigenvalue weighted by Gasteiger charge is -1.93. The first-order valence-electron chi connectivity index (χ1n) is 1.87. The third kappa shape index (κ3) is 3.04. The first kappa shape index (κ1) is 6.83. The Morgan fingerprint density at radius 1 is 1.67 bits per heavy atom. The molecule has 0 aliphatic heterocycles. The molecule has 34 valence electrons. The van der Waals surface area contributed by atoms with E-state index in [-0.39, 0.29) is 0 Å². The van der Waals surface area contributed by atoms with Gasteiger partial charge in [0.1, 0.15) is 0 Å². The highest BCUT2D eigenvalue weighted by molar-refractivity contribution is 8.61. The minimum Gasteiger partial charge on any atom is -0.251 e. The van der Waals surface area contributed by atoms with Crippen molar-refractivity contribution in [2.45, 2.75) is 6.82 Å². The van der Waals surface area contributed by atoms with Crippen LogP contribution in [0.2, 0.25) is 6.82 Å². The van der Waals surface area contributed by atoms with E-state index < -0.39 is 0 Å². The summed E-state index contributed by atoms with van der Waals surface area (Å²) >= 11 is 3.78. The van der Waals surface area contributed by atoms with Crippen LogP contribution in [0.15, 0.2) is 0 Å². The van der Waals surface area contributed by atoms with Crippen LogP contribution in [0.4, 0.5) is 0 Å². The van der Waals surface area contributed by atoms with E-state index in [0.29, 0.717) is 0 Å². The van der Waals surface area contributed by atoms with Gasteiger partial charge in [0, 0.05) is 0 Å². The average molecular weight is 118 g/mol. The maximum Gasteiger partial charge on any atom is 0.259 e. The molecule has 0 amide bonds. The smallest absolute Gasteiger partial charge is 0.251 e. The van der Waals surface area contributed by atoms with Crippen molar-refractivity contribution in [3.8, 4) is 0 Å². The molecule has 4 heteroatoms.